The van der Waals surface area contributed by atoms with Crippen LogP contribution in [0.25, 0.3) is 0 Å². The first kappa shape index (κ1) is 23.1. The molecule has 0 aliphatic carbocycles. The quantitative estimate of drug-likeness (QED) is 0.230. The van der Waals surface area contributed by atoms with E-state index in [1.54, 1.807) is 6.07 Å². The second kappa shape index (κ2) is 9.57. The second-order valence-electron chi connectivity index (χ2n) is 7.37. The highest BCUT2D eigenvalue weighted by atomic mass is 31.2. The molecule has 9 heteroatoms. The highest BCUT2D eigenvalue weighted by molar-refractivity contribution is 7.70. The zero-order chi connectivity index (χ0) is 21.7. The molecule has 0 unspecified atom stereocenters. The fraction of sp³-hybridized carbons (Fsp3) is 0.500. The third kappa shape index (κ3) is 5.26. The van der Waals surface area contributed by atoms with Crippen molar-refractivity contribution in [2.75, 3.05) is 26.9 Å². The van der Waals surface area contributed by atoms with E-state index in [-0.39, 0.29) is 5.69 Å². The second-order valence-corrected chi connectivity index (χ2v) is 10.8. The van der Waals surface area contributed by atoms with E-state index < -0.39 is 17.4 Å². The lowest BCUT2D eigenvalue weighted by molar-refractivity contribution is -0.384. The van der Waals surface area contributed by atoms with Gasteiger partial charge in [0.1, 0.15) is 17.2 Å². The third-order valence-corrected chi connectivity index (χ3v) is 7.98. The maximum Gasteiger partial charge on any atom is 0.271 e. The SMILES string of the molecule is CCOCCO[P@](=Nc1cc([N+](=O)[O-])ccc1OC)(c1ccc(C)o1)C(C)(C)C. The summed E-state index contributed by atoms with van der Waals surface area (Å²) in [6, 6.07) is 8.06. The van der Waals surface area contributed by atoms with Crippen LogP contribution in [0, 0.1) is 17.0 Å². The molecule has 0 fully saturated rings. The van der Waals surface area contributed by atoms with E-state index in [4.69, 9.17) is 23.2 Å². The molecule has 0 bridgehead atoms. The van der Waals surface area contributed by atoms with Gasteiger partial charge in [-0.1, -0.05) is 20.8 Å². The maximum absolute atomic E-state index is 11.3. The number of nitrogens with zero attached hydrogens (tertiary/aromatic N) is 2. The van der Waals surface area contributed by atoms with Crippen molar-refractivity contribution in [3.63, 3.8) is 0 Å². The van der Waals surface area contributed by atoms with Crippen molar-refractivity contribution in [2.45, 2.75) is 39.8 Å². The van der Waals surface area contributed by atoms with Crippen molar-refractivity contribution in [3.8, 4) is 5.75 Å². The summed E-state index contributed by atoms with van der Waals surface area (Å²) in [6.07, 6.45) is 0. The Labute approximate surface area is 171 Å². The summed E-state index contributed by atoms with van der Waals surface area (Å²) < 4.78 is 28.2. The highest BCUT2D eigenvalue weighted by Crippen LogP contribution is 2.63. The molecule has 0 amide bonds. The molecule has 2 rings (SSSR count). The zero-order valence-corrected chi connectivity index (χ0v) is 18.7. The average Bonchev–Trinajstić information content (AvgIpc) is 3.09. The predicted octanol–water partition coefficient (Wildman–Crippen LogP) is 5.43. The van der Waals surface area contributed by atoms with Gasteiger partial charge >= 0.3 is 0 Å². The van der Waals surface area contributed by atoms with Crippen LogP contribution in [-0.4, -0.2) is 37.0 Å². The van der Waals surface area contributed by atoms with Crippen molar-refractivity contribution < 1.29 is 23.3 Å². The number of rotatable bonds is 9. The van der Waals surface area contributed by atoms with Gasteiger partial charge in [0.25, 0.3) is 5.69 Å². The van der Waals surface area contributed by atoms with Crippen LogP contribution in [-0.2, 0) is 9.26 Å². The lowest BCUT2D eigenvalue weighted by Gasteiger charge is -2.35. The van der Waals surface area contributed by atoms with Crippen molar-refractivity contribution in [3.05, 3.63) is 46.2 Å². The van der Waals surface area contributed by atoms with Crippen LogP contribution in [0.2, 0.25) is 0 Å². The van der Waals surface area contributed by atoms with Gasteiger partial charge in [-0.25, -0.2) is 4.74 Å². The molecule has 0 aliphatic rings. The van der Waals surface area contributed by atoms with Gasteiger partial charge in [0, 0.05) is 23.9 Å². The number of hydrogen-bond acceptors (Lipinski definition) is 7. The lowest BCUT2D eigenvalue weighted by Crippen LogP contribution is -2.25. The molecule has 1 heterocycles. The first-order chi connectivity index (χ1) is 13.6. The summed E-state index contributed by atoms with van der Waals surface area (Å²) >= 11 is 0. The first-order valence-electron chi connectivity index (χ1n) is 9.38. The summed E-state index contributed by atoms with van der Waals surface area (Å²) in [5.74, 6) is 1.17. The van der Waals surface area contributed by atoms with E-state index in [1.165, 1.54) is 19.2 Å². The highest BCUT2D eigenvalue weighted by Gasteiger charge is 2.40. The van der Waals surface area contributed by atoms with E-state index in [0.29, 0.717) is 36.8 Å². The van der Waals surface area contributed by atoms with Gasteiger partial charge in [0.2, 0.25) is 0 Å². The number of furan rings is 1. The molecule has 0 N–H and O–H groups in total. The van der Waals surface area contributed by atoms with E-state index in [9.17, 15) is 10.1 Å². The molecule has 29 heavy (non-hydrogen) atoms. The van der Waals surface area contributed by atoms with Gasteiger partial charge in [-0.05, 0) is 32.0 Å². The van der Waals surface area contributed by atoms with Gasteiger partial charge < -0.3 is 18.4 Å². The van der Waals surface area contributed by atoms with E-state index in [1.807, 2.05) is 46.8 Å². The average molecular weight is 424 g/mol. The number of ether oxygens (including phenoxy) is 2. The number of nitro benzene ring substituents is 1. The fourth-order valence-corrected chi connectivity index (χ4v) is 5.77. The number of non-ortho nitro benzene ring substituents is 1. The number of methoxy groups -OCH3 is 1. The molecule has 160 valence electrons. The summed E-state index contributed by atoms with van der Waals surface area (Å²) in [5.41, 5.74) is 0.907. The Balaban J connectivity index is 2.74. The van der Waals surface area contributed by atoms with Gasteiger partial charge in [0.05, 0.1) is 25.2 Å². The van der Waals surface area contributed by atoms with E-state index in [2.05, 4.69) is 0 Å². The number of benzene rings is 1. The summed E-state index contributed by atoms with van der Waals surface area (Å²) in [5, 5.41) is 10.9. The zero-order valence-electron chi connectivity index (χ0n) is 17.8. The van der Waals surface area contributed by atoms with Crippen LogP contribution < -0.4 is 10.2 Å². The van der Waals surface area contributed by atoms with Gasteiger partial charge in [-0.15, -0.1) is 0 Å². The Morgan fingerprint density at radius 2 is 1.93 bits per heavy atom. The minimum Gasteiger partial charge on any atom is -0.494 e. The van der Waals surface area contributed by atoms with Crippen LogP contribution in [0.4, 0.5) is 11.4 Å². The van der Waals surface area contributed by atoms with Crippen LogP contribution in [0.5, 0.6) is 5.75 Å². The fourth-order valence-electron chi connectivity index (χ4n) is 2.79. The number of nitro groups is 1. The Morgan fingerprint density at radius 1 is 1.21 bits per heavy atom. The van der Waals surface area contributed by atoms with Gasteiger partial charge in [0.15, 0.2) is 12.8 Å². The molecule has 1 atom stereocenters. The van der Waals surface area contributed by atoms with Crippen molar-refractivity contribution in [2.24, 2.45) is 4.74 Å². The molecular weight excluding hydrogens is 395 g/mol. The van der Waals surface area contributed by atoms with Crippen molar-refractivity contribution in [1.82, 2.24) is 0 Å². The Kier molecular flexibility index (Phi) is 7.63. The Hall–Kier alpha value is -2.15. The topological polar surface area (TPSA) is 96.3 Å². The minimum absolute atomic E-state index is 0.0681. The smallest absolute Gasteiger partial charge is 0.271 e. The molecule has 0 radical (unpaired) electrons. The molecule has 0 saturated heterocycles. The number of aryl methyl sites for hydroxylation is 1. The molecule has 2 aromatic rings. The molecule has 0 aliphatic heterocycles. The maximum atomic E-state index is 11.3. The van der Waals surface area contributed by atoms with E-state index >= 15 is 0 Å². The largest absolute Gasteiger partial charge is 0.494 e. The third-order valence-electron chi connectivity index (χ3n) is 4.27. The first-order valence-corrected chi connectivity index (χ1v) is 11.0. The van der Waals surface area contributed by atoms with Crippen molar-refractivity contribution in [1.29, 1.82) is 0 Å². The van der Waals surface area contributed by atoms with E-state index in [0.717, 1.165) is 5.76 Å². The van der Waals surface area contributed by atoms with Crippen LogP contribution >= 0.6 is 7.28 Å². The molecule has 1 aromatic heterocycles. The molecule has 8 nitrogen and oxygen atoms in total. The number of hydrogen-bond donors (Lipinski definition) is 0. The Bertz CT molecular complexity index is 901. The summed E-state index contributed by atoms with van der Waals surface area (Å²) in [7, 11) is -1.28. The van der Waals surface area contributed by atoms with Gasteiger partial charge in [-0.3, -0.25) is 10.1 Å². The molecule has 0 spiro atoms. The normalized spacial score (nSPS) is 13.7. The monoisotopic (exact) mass is 424 g/mol. The van der Waals surface area contributed by atoms with Crippen LogP contribution in [0.1, 0.15) is 33.5 Å². The minimum atomic E-state index is -2.79. The summed E-state index contributed by atoms with van der Waals surface area (Å²) in [6.45, 7) is 11.1. The van der Waals surface area contributed by atoms with Gasteiger partial charge in [-0.2, -0.15) is 0 Å². The molecule has 0 saturated carbocycles. The van der Waals surface area contributed by atoms with Crippen molar-refractivity contribution >= 4 is 24.2 Å². The molecule has 1 aromatic carbocycles. The lowest BCUT2D eigenvalue weighted by atomic mass is 10.2. The standard InChI is InChI=1S/C20H29N2O6P/c1-7-26-12-13-27-29(20(3,4)5,19-11-8-15(2)28-19)21-17-14-16(22(23)24)9-10-18(17)25-6/h8-11,14H,7,12-13H2,1-6H3/t29-/m1/s1. The van der Waals surface area contributed by atoms with Crippen LogP contribution in [0.15, 0.2) is 39.5 Å². The Morgan fingerprint density at radius 3 is 2.45 bits per heavy atom. The van der Waals surface area contributed by atoms with Crippen LogP contribution in [0.3, 0.4) is 0 Å². The molecular formula is C20H29N2O6P. The summed E-state index contributed by atoms with van der Waals surface area (Å²) in [4.78, 5) is 10.8. The predicted molar refractivity (Wildman–Crippen MR) is 114 cm³/mol.